The number of benzene rings is 3. The van der Waals surface area contributed by atoms with Crippen LogP contribution in [0.25, 0.3) is 10.9 Å². The van der Waals surface area contributed by atoms with Gasteiger partial charge in [0.15, 0.2) is 5.16 Å². The molecule has 3 aromatic carbocycles. The molecular formula is C24H20ClN3O2S. The molecule has 0 aliphatic heterocycles. The van der Waals surface area contributed by atoms with Crippen molar-refractivity contribution in [3.05, 3.63) is 99.8 Å². The Bertz CT molecular complexity index is 1290. The first-order valence-corrected chi connectivity index (χ1v) is 11.1. The fraction of sp³-hybridized carbons (Fsp3) is 0.125. The zero-order chi connectivity index (χ0) is 21.8. The first-order chi connectivity index (χ1) is 15.0. The van der Waals surface area contributed by atoms with E-state index in [0.717, 1.165) is 11.3 Å². The lowest BCUT2D eigenvalue weighted by Gasteiger charge is -2.18. The third-order valence-corrected chi connectivity index (χ3v) is 6.29. The minimum Gasteiger partial charge on any atom is -0.315 e. The Labute approximate surface area is 189 Å². The summed E-state index contributed by atoms with van der Waals surface area (Å²) in [5.74, 6) is 0.0708. The zero-order valence-corrected chi connectivity index (χ0v) is 18.4. The van der Waals surface area contributed by atoms with Crippen LogP contribution in [0.3, 0.4) is 0 Å². The van der Waals surface area contributed by atoms with Crippen molar-refractivity contribution in [1.29, 1.82) is 0 Å². The molecule has 4 rings (SSSR count). The van der Waals surface area contributed by atoms with E-state index in [2.05, 4.69) is 4.98 Å². The molecule has 7 heteroatoms. The highest BCUT2D eigenvalue weighted by atomic mass is 35.5. The van der Waals surface area contributed by atoms with E-state index in [1.165, 1.54) is 11.8 Å². The molecule has 0 atom stereocenters. The Morgan fingerprint density at radius 3 is 2.45 bits per heavy atom. The average molecular weight is 450 g/mol. The third kappa shape index (κ3) is 4.65. The predicted molar refractivity (Wildman–Crippen MR) is 127 cm³/mol. The number of anilines is 1. The number of hydrogen-bond acceptors (Lipinski definition) is 4. The van der Waals surface area contributed by atoms with E-state index in [0.29, 0.717) is 21.1 Å². The van der Waals surface area contributed by atoms with Crippen LogP contribution in [0.5, 0.6) is 0 Å². The Morgan fingerprint density at radius 2 is 1.68 bits per heavy atom. The van der Waals surface area contributed by atoms with Crippen LogP contribution in [0.4, 0.5) is 5.69 Å². The lowest BCUT2D eigenvalue weighted by atomic mass is 10.2. The Kier molecular flexibility index (Phi) is 6.39. The number of carbonyl (C=O) groups is 1. The summed E-state index contributed by atoms with van der Waals surface area (Å²) in [5.41, 5.74) is 2.08. The van der Waals surface area contributed by atoms with E-state index in [9.17, 15) is 9.59 Å². The monoisotopic (exact) mass is 449 g/mol. The summed E-state index contributed by atoms with van der Waals surface area (Å²) in [6.45, 7) is 0.279. The summed E-state index contributed by atoms with van der Waals surface area (Å²) in [4.78, 5) is 32.3. The summed E-state index contributed by atoms with van der Waals surface area (Å²) in [6.07, 6.45) is 0. The molecule has 0 bridgehead atoms. The van der Waals surface area contributed by atoms with E-state index in [-0.39, 0.29) is 23.8 Å². The minimum absolute atomic E-state index is 0.0806. The fourth-order valence-corrected chi connectivity index (χ4v) is 4.32. The Balaban J connectivity index is 1.66. The molecule has 0 saturated heterocycles. The quantitative estimate of drug-likeness (QED) is 0.312. The van der Waals surface area contributed by atoms with Crippen LogP contribution in [-0.4, -0.2) is 28.3 Å². The van der Waals surface area contributed by atoms with Gasteiger partial charge in [-0.15, -0.1) is 0 Å². The summed E-state index contributed by atoms with van der Waals surface area (Å²) in [7, 11) is 1.74. The van der Waals surface area contributed by atoms with Crippen molar-refractivity contribution in [3.63, 3.8) is 0 Å². The maximum Gasteiger partial charge on any atom is 0.262 e. The number of thioether (sulfide) groups is 1. The molecule has 1 aromatic heterocycles. The van der Waals surface area contributed by atoms with Crippen LogP contribution in [0.1, 0.15) is 5.56 Å². The van der Waals surface area contributed by atoms with Crippen molar-refractivity contribution in [2.75, 3.05) is 17.7 Å². The second-order valence-electron chi connectivity index (χ2n) is 6.97. The molecule has 0 aliphatic carbocycles. The van der Waals surface area contributed by atoms with E-state index >= 15 is 0 Å². The minimum atomic E-state index is -0.156. The molecule has 31 heavy (non-hydrogen) atoms. The van der Waals surface area contributed by atoms with Crippen molar-refractivity contribution >= 4 is 45.9 Å². The largest absolute Gasteiger partial charge is 0.315 e. The van der Waals surface area contributed by atoms with E-state index < -0.39 is 0 Å². The number of carbonyl (C=O) groups excluding carboxylic acids is 1. The van der Waals surface area contributed by atoms with Crippen molar-refractivity contribution in [2.45, 2.75) is 11.7 Å². The van der Waals surface area contributed by atoms with Gasteiger partial charge < -0.3 is 4.90 Å². The fourth-order valence-electron chi connectivity index (χ4n) is 3.21. The van der Waals surface area contributed by atoms with Gasteiger partial charge in [0.05, 0.1) is 23.2 Å². The van der Waals surface area contributed by atoms with Crippen LogP contribution in [0.2, 0.25) is 5.02 Å². The van der Waals surface area contributed by atoms with Crippen molar-refractivity contribution < 1.29 is 4.79 Å². The molecule has 1 heterocycles. The van der Waals surface area contributed by atoms with Gasteiger partial charge in [-0.1, -0.05) is 71.9 Å². The SMILES string of the molecule is CN(C(=O)CSc1nc2ccccc2c(=O)n1Cc1ccccc1Cl)c1ccccc1. The maximum absolute atomic E-state index is 13.2. The average Bonchev–Trinajstić information content (AvgIpc) is 2.81. The topological polar surface area (TPSA) is 55.2 Å². The van der Waals surface area contributed by atoms with Crippen LogP contribution in [0, 0.1) is 0 Å². The van der Waals surface area contributed by atoms with Crippen molar-refractivity contribution in [1.82, 2.24) is 9.55 Å². The van der Waals surface area contributed by atoms with Crippen LogP contribution in [0.15, 0.2) is 88.8 Å². The first kappa shape index (κ1) is 21.2. The number of fused-ring (bicyclic) bond motifs is 1. The second-order valence-corrected chi connectivity index (χ2v) is 8.32. The van der Waals surface area contributed by atoms with Gasteiger partial charge in [-0.25, -0.2) is 4.98 Å². The highest BCUT2D eigenvalue weighted by molar-refractivity contribution is 7.99. The molecule has 0 spiro atoms. The van der Waals surface area contributed by atoms with Crippen molar-refractivity contribution in [2.24, 2.45) is 0 Å². The molecule has 0 aliphatic rings. The van der Waals surface area contributed by atoms with Gasteiger partial charge in [-0.2, -0.15) is 0 Å². The molecule has 5 nitrogen and oxygen atoms in total. The van der Waals surface area contributed by atoms with Crippen LogP contribution >= 0.6 is 23.4 Å². The van der Waals surface area contributed by atoms with Crippen molar-refractivity contribution in [3.8, 4) is 0 Å². The highest BCUT2D eigenvalue weighted by Crippen LogP contribution is 2.23. The zero-order valence-electron chi connectivity index (χ0n) is 16.9. The van der Waals surface area contributed by atoms with Crippen LogP contribution in [-0.2, 0) is 11.3 Å². The molecule has 0 fully saturated rings. The summed E-state index contributed by atoms with van der Waals surface area (Å²) in [5, 5.41) is 1.60. The standard InChI is InChI=1S/C24H20ClN3O2S/c1-27(18-10-3-2-4-11-18)22(29)16-31-24-26-21-14-8-6-12-19(21)23(30)28(24)15-17-9-5-7-13-20(17)25/h2-14H,15-16H2,1H3. The van der Waals surface area contributed by atoms with Gasteiger partial charge >= 0.3 is 0 Å². The Hall–Kier alpha value is -3.09. The summed E-state index contributed by atoms with van der Waals surface area (Å²) < 4.78 is 1.59. The molecule has 1 amide bonds. The predicted octanol–water partition coefficient (Wildman–Crippen LogP) is 4.85. The van der Waals surface area contributed by atoms with E-state index in [4.69, 9.17) is 11.6 Å². The normalized spacial score (nSPS) is 10.9. The molecule has 0 N–H and O–H groups in total. The number of aromatic nitrogens is 2. The lowest BCUT2D eigenvalue weighted by Crippen LogP contribution is -2.29. The molecule has 156 valence electrons. The Morgan fingerprint density at radius 1 is 1.00 bits per heavy atom. The number of para-hydroxylation sites is 2. The summed E-state index contributed by atoms with van der Waals surface area (Å²) in [6, 6.07) is 24.1. The second kappa shape index (κ2) is 9.37. The lowest BCUT2D eigenvalue weighted by molar-refractivity contribution is -0.115. The third-order valence-electron chi connectivity index (χ3n) is 4.96. The molecule has 4 aromatic rings. The molecule has 0 unspecified atom stereocenters. The number of nitrogens with zero attached hydrogens (tertiary/aromatic N) is 3. The number of hydrogen-bond donors (Lipinski definition) is 0. The van der Waals surface area contributed by atoms with Gasteiger partial charge in [-0.3, -0.25) is 14.2 Å². The highest BCUT2D eigenvalue weighted by Gasteiger charge is 2.16. The number of amides is 1. The van der Waals surface area contributed by atoms with Gasteiger partial charge in [0.2, 0.25) is 5.91 Å². The van der Waals surface area contributed by atoms with E-state index in [1.807, 2.05) is 60.7 Å². The first-order valence-electron chi connectivity index (χ1n) is 9.72. The number of halogens is 1. The smallest absolute Gasteiger partial charge is 0.262 e. The maximum atomic E-state index is 13.2. The van der Waals surface area contributed by atoms with Crippen LogP contribution < -0.4 is 10.5 Å². The summed E-state index contributed by atoms with van der Waals surface area (Å²) >= 11 is 7.58. The molecular weight excluding hydrogens is 430 g/mol. The molecule has 0 radical (unpaired) electrons. The van der Waals surface area contributed by atoms with Gasteiger partial charge in [0, 0.05) is 17.8 Å². The van der Waals surface area contributed by atoms with E-state index in [1.54, 1.807) is 34.7 Å². The molecule has 0 saturated carbocycles. The number of rotatable bonds is 6. The van der Waals surface area contributed by atoms with Gasteiger partial charge in [-0.05, 0) is 35.9 Å². The van der Waals surface area contributed by atoms with Gasteiger partial charge in [0.25, 0.3) is 5.56 Å². The van der Waals surface area contributed by atoms with Gasteiger partial charge in [0.1, 0.15) is 0 Å².